The molecule has 0 saturated carbocycles. The van der Waals surface area contributed by atoms with E-state index in [0.717, 1.165) is 42.4 Å². The average molecular weight is 314 g/mol. The molecule has 0 atom stereocenters. The molecule has 1 aromatic carbocycles. The minimum atomic E-state index is 0.654. The average Bonchev–Trinajstić information content (AvgIpc) is 3.00. The Morgan fingerprint density at radius 1 is 1.09 bits per heavy atom. The number of hydrogen-bond donors (Lipinski definition) is 2. The van der Waals surface area contributed by atoms with Crippen LogP contribution in [0.25, 0.3) is 0 Å². The van der Waals surface area contributed by atoms with Crippen molar-refractivity contribution in [3.8, 4) is 0 Å². The predicted octanol–water partition coefficient (Wildman–Crippen LogP) is 3.05. The lowest BCUT2D eigenvalue weighted by Gasteiger charge is -2.11. The van der Waals surface area contributed by atoms with Crippen LogP contribution in [0, 0.1) is 0 Å². The van der Waals surface area contributed by atoms with Crippen LogP contribution in [0.1, 0.15) is 43.4 Å². The number of benzene rings is 1. The van der Waals surface area contributed by atoms with Gasteiger partial charge in [-0.25, -0.2) is 4.99 Å². The van der Waals surface area contributed by atoms with E-state index in [1.54, 1.807) is 0 Å². The molecule has 0 saturated heterocycles. The number of aryl methyl sites for hydroxylation is 2. The SMILES string of the molecule is CCNC(=NCc1ccccc1)NCc1c(CC)noc1CC. The highest BCUT2D eigenvalue weighted by Gasteiger charge is 2.13. The lowest BCUT2D eigenvalue weighted by Crippen LogP contribution is -2.37. The van der Waals surface area contributed by atoms with E-state index in [0.29, 0.717) is 13.1 Å². The quantitative estimate of drug-likeness (QED) is 0.609. The van der Waals surface area contributed by atoms with E-state index < -0.39 is 0 Å². The summed E-state index contributed by atoms with van der Waals surface area (Å²) in [6.07, 6.45) is 1.72. The lowest BCUT2D eigenvalue weighted by molar-refractivity contribution is 0.380. The van der Waals surface area contributed by atoms with Gasteiger partial charge in [-0.05, 0) is 18.9 Å². The fourth-order valence-electron chi connectivity index (χ4n) is 2.41. The van der Waals surface area contributed by atoms with E-state index in [9.17, 15) is 0 Å². The third-order valence-corrected chi connectivity index (χ3v) is 3.65. The highest BCUT2D eigenvalue weighted by Crippen LogP contribution is 2.15. The van der Waals surface area contributed by atoms with Crippen molar-refractivity contribution in [2.24, 2.45) is 4.99 Å². The molecule has 0 aliphatic heterocycles. The van der Waals surface area contributed by atoms with Gasteiger partial charge in [0, 0.05) is 25.1 Å². The maximum absolute atomic E-state index is 5.41. The fraction of sp³-hybridized carbons (Fsp3) is 0.444. The van der Waals surface area contributed by atoms with Crippen LogP contribution in [0.2, 0.25) is 0 Å². The zero-order valence-electron chi connectivity index (χ0n) is 14.2. The molecule has 1 aromatic heterocycles. The van der Waals surface area contributed by atoms with E-state index in [1.165, 1.54) is 5.56 Å². The van der Waals surface area contributed by atoms with E-state index in [1.807, 2.05) is 18.2 Å². The van der Waals surface area contributed by atoms with Crippen molar-refractivity contribution in [3.63, 3.8) is 0 Å². The molecule has 0 aliphatic carbocycles. The third kappa shape index (κ3) is 4.84. The molecule has 23 heavy (non-hydrogen) atoms. The normalized spacial score (nSPS) is 11.5. The first-order valence-electron chi connectivity index (χ1n) is 8.30. The molecule has 2 rings (SSSR count). The summed E-state index contributed by atoms with van der Waals surface area (Å²) < 4.78 is 5.41. The predicted molar refractivity (Wildman–Crippen MR) is 93.4 cm³/mol. The van der Waals surface area contributed by atoms with Crippen molar-refractivity contribution >= 4 is 5.96 Å². The first kappa shape index (κ1) is 17.1. The standard InChI is InChI=1S/C18H26N4O/c1-4-16-15(17(5-2)23-22-16)13-21-18(19-6-3)20-12-14-10-8-7-9-11-14/h7-11H,4-6,12-13H2,1-3H3,(H2,19,20,21). The summed E-state index contributed by atoms with van der Waals surface area (Å²) in [4.78, 5) is 4.64. The molecule has 0 unspecified atom stereocenters. The minimum Gasteiger partial charge on any atom is -0.361 e. The number of aromatic nitrogens is 1. The molecule has 1 heterocycles. The fourth-order valence-corrected chi connectivity index (χ4v) is 2.41. The summed E-state index contributed by atoms with van der Waals surface area (Å²) in [5, 5.41) is 10.8. The maximum Gasteiger partial charge on any atom is 0.191 e. The molecule has 0 radical (unpaired) electrons. The highest BCUT2D eigenvalue weighted by atomic mass is 16.5. The zero-order valence-corrected chi connectivity index (χ0v) is 14.2. The first-order valence-corrected chi connectivity index (χ1v) is 8.30. The van der Waals surface area contributed by atoms with Gasteiger partial charge in [0.15, 0.2) is 5.96 Å². The van der Waals surface area contributed by atoms with Crippen LogP contribution in [0.5, 0.6) is 0 Å². The van der Waals surface area contributed by atoms with Gasteiger partial charge in [0.25, 0.3) is 0 Å². The summed E-state index contributed by atoms with van der Waals surface area (Å²) in [7, 11) is 0. The zero-order chi connectivity index (χ0) is 16.5. The third-order valence-electron chi connectivity index (χ3n) is 3.65. The molecule has 2 aromatic rings. The second-order valence-electron chi connectivity index (χ2n) is 5.27. The molecule has 5 nitrogen and oxygen atoms in total. The van der Waals surface area contributed by atoms with Gasteiger partial charge < -0.3 is 15.2 Å². The van der Waals surface area contributed by atoms with Crippen molar-refractivity contribution in [2.45, 2.75) is 46.7 Å². The number of nitrogens with one attached hydrogen (secondary N) is 2. The molecule has 0 bridgehead atoms. The molecular formula is C18H26N4O. The van der Waals surface area contributed by atoms with Crippen molar-refractivity contribution in [1.82, 2.24) is 15.8 Å². The van der Waals surface area contributed by atoms with Crippen LogP contribution < -0.4 is 10.6 Å². The topological polar surface area (TPSA) is 62.5 Å². The van der Waals surface area contributed by atoms with E-state index in [4.69, 9.17) is 4.52 Å². The van der Waals surface area contributed by atoms with Gasteiger partial charge in [-0.2, -0.15) is 0 Å². The van der Waals surface area contributed by atoms with Crippen molar-refractivity contribution in [1.29, 1.82) is 0 Å². The first-order chi connectivity index (χ1) is 11.3. The molecule has 2 N–H and O–H groups in total. The summed E-state index contributed by atoms with van der Waals surface area (Å²) >= 11 is 0. The second kappa shape index (κ2) is 8.98. The highest BCUT2D eigenvalue weighted by molar-refractivity contribution is 5.79. The smallest absolute Gasteiger partial charge is 0.191 e. The minimum absolute atomic E-state index is 0.654. The van der Waals surface area contributed by atoms with E-state index in [-0.39, 0.29) is 0 Å². The molecule has 0 aliphatic rings. The van der Waals surface area contributed by atoms with E-state index >= 15 is 0 Å². The van der Waals surface area contributed by atoms with Gasteiger partial charge in [-0.1, -0.05) is 49.3 Å². The summed E-state index contributed by atoms with van der Waals surface area (Å²) in [6, 6.07) is 10.2. The maximum atomic E-state index is 5.41. The van der Waals surface area contributed by atoms with Crippen LogP contribution in [-0.4, -0.2) is 17.7 Å². The number of rotatable bonds is 7. The number of nitrogens with zero attached hydrogens (tertiary/aromatic N) is 2. The Balaban J connectivity index is 2.03. The van der Waals surface area contributed by atoms with Crippen molar-refractivity contribution in [3.05, 3.63) is 52.9 Å². The Bertz CT molecular complexity index is 598. The van der Waals surface area contributed by atoms with Gasteiger partial charge in [0.2, 0.25) is 0 Å². The Labute approximate surface area is 138 Å². The van der Waals surface area contributed by atoms with Crippen LogP contribution in [-0.2, 0) is 25.9 Å². The number of aliphatic imine (C=N–C) groups is 1. The molecule has 0 amide bonds. The van der Waals surface area contributed by atoms with Gasteiger partial charge in [0.05, 0.1) is 12.2 Å². The van der Waals surface area contributed by atoms with Crippen LogP contribution in [0.15, 0.2) is 39.8 Å². The Kier molecular flexibility index (Phi) is 6.66. The van der Waals surface area contributed by atoms with E-state index in [2.05, 4.69) is 53.7 Å². The van der Waals surface area contributed by atoms with Crippen molar-refractivity contribution in [2.75, 3.05) is 6.54 Å². The van der Waals surface area contributed by atoms with Crippen LogP contribution >= 0.6 is 0 Å². The molecule has 124 valence electrons. The van der Waals surface area contributed by atoms with Gasteiger partial charge in [-0.15, -0.1) is 0 Å². The number of guanidine groups is 1. The number of hydrogen-bond acceptors (Lipinski definition) is 3. The largest absolute Gasteiger partial charge is 0.361 e. The van der Waals surface area contributed by atoms with Crippen LogP contribution in [0.4, 0.5) is 0 Å². The summed E-state index contributed by atoms with van der Waals surface area (Å²) in [5.74, 6) is 1.76. The molecule has 0 spiro atoms. The second-order valence-corrected chi connectivity index (χ2v) is 5.27. The summed E-state index contributed by atoms with van der Waals surface area (Å²) in [5.41, 5.74) is 3.37. The molecular weight excluding hydrogens is 288 g/mol. The summed E-state index contributed by atoms with van der Waals surface area (Å²) in [6.45, 7) is 8.39. The Hall–Kier alpha value is -2.30. The van der Waals surface area contributed by atoms with Crippen LogP contribution in [0.3, 0.4) is 0 Å². The molecule has 0 fully saturated rings. The van der Waals surface area contributed by atoms with Crippen molar-refractivity contribution < 1.29 is 4.52 Å². The van der Waals surface area contributed by atoms with Gasteiger partial charge >= 0.3 is 0 Å². The molecule has 5 heteroatoms. The lowest BCUT2D eigenvalue weighted by atomic mass is 10.1. The Morgan fingerprint density at radius 2 is 1.87 bits per heavy atom. The monoisotopic (exact) mass is 314 g/mol. The van der Waals surface area contributed by atoms with Gasteiger partial charge in [-0.3, -0.25) is 0 Å². The Morgan fingerprint density at radius 3 is 2.52 bits per heavy atom. The van der Waals surface area contributed by atoms with Gasteiger partial charge in [0.1, 0.15) is 5.76 Å².